The topological polar surface area (TPSA) is 114 Å². The number of nitrogens with one attached hydrogen (secondary N) is 3. The molecule has 0 unspecified atom stereocenters. The molecule has 3 N–H and O–H groups in total. The second kappa shape index (κ2) is 10.9. The number of carbonyl (C=O) groups excluding carboxylic acids is 2. The van der Waals surface area contributed by atoms with E-state index in [-0.39, 0.29) is 11.5 Å². The van der Waals surface area contributed by atoms with Gasteiger partial charge in [-0.1, -0.05) is 61.5 Å². The van der Waals surface area contributed by atoms with Gasteiger partial charge in [0.1, 0.15) is 12.6 Å². The second-order valence-electron chi connectivity index (χ2n) is 7.47. The SMILES string of the molecule is CCCNS(=O)(=O)c1cccc2c(NC(=O)[C@@H](C)NC(=O)OCc3ccccc3)cccc12. The van der Waals surface area contributed by atoms with Crippen molar-refractivity contribution in [3.63, 3.8) is 0 Å². The van der Waals surface area contributed by atoms with Gasteiger partial charge in [0.15, 0.2) is 0 Å². The fourth-order valence-electron chi connectivity index (χ4n) is 3.19. The summed E-state index contributed by atoms with van der Waals surface area (Å²) in [7, 11) is -3.69. The van der Waals surface area contributed by atoms with E-state index in [9.17, 15) is 18.0 Å². The molecule has 0 saturated heterocycles. The largest absolute Gasteiger partial charge is 0.445 e. The van der Waals surface area contributed by atoms with Crippen molar-refractivity contribution in [3.8, 4) is 0 Å². The van der Waals surface area contributed by atoms with Gasteiger partial charge in [0, 0.05) is 23.0 Å². The molecule has 0 aliphatic rings. The molecule has 3 rings (SSSR count). The van der Waals surface area contributed by atoms with E-state index in [4.69, 9.17) is 4.74 Å². The highest BCUT2D eigenvalue weighted by Gasteiger charge is 2.20. The van der Waals surface area contributed by atoms with E-state index < -0.39 is 28.1 Å². The van der Waals surface area contributed by atoms with Crippen molar-refractivity contribution in [1.82, 2.24) is 10.0 Å². The summed E-state index contributed by atoms with van der Waals surface area (Å²) in [6, 6.07) is 18.3. The third-order valence-corrected chi connectivity index (χ3v) is 6.43. The maximum Gasteiger partial charge on any atom is 0.408 e. The fraction of sp³-hybridized carbons (Fsp3) is 0.250. The van der Waals surface area contributed by atoms with Gasteiger partial charge in [-0.2, -0.15) is 0 Å². The van der Waals surface area contributed by atoms with Crippen LogP contribution in [-0.4, -0.2) is 33.0 Å². The molecule has 8 nitrogen and oxygen atoms in total. The number of hydrogen-bond donors (Lipinski definition) is 3. The van der Waals surface area contributed by atoms with Gasteiger partial charge >= 0.3 is 6.09 Å². The molecule has 0 radical (unpaired) electrons. The molecule has 0 aromatic heterocycles. The van der Waals surface area contributed by atoms with E-state index in [0.717, 1.165) is 5.56 Å². The molecule has 0 fully saturated rings. The van der Waals surface area contributed by atoms with Crippen LogP contribution in [0.1, 0.15) is 25.8 Å². The molecule has 3 aromatic carbocycles. The Kier molecular flexibility index (Phi) is 8.02. The number of benzene rings is 3. The van der Waals surface area contributed by atoms with Gasteiger partial charge in [-0.25, -0.2) is 17.9 Å². The van der Waals surface area contributed by atoms with Crippen molar-refractivity contribution >= 4 is 38.5 Å². The Morgan fingerprint density at radius 3 is 2.36 bits per heavy atom. The first-order valence-corrected chi connectivity index (χ1v) is 12.1. The molecule has 1 atom stereocenters. The van der Waals surface area contributed by atoms with Gasteiger partial charge in [0.05, 0.1) is 4.90 Å². The van der Waals surface area contributed by atoms with Crippen molar-refractivity contribution in [1.29, 1.82) is 0 Å². The lowest BCUT2D eigenvalue weighted by atomic mass is 10.1. The molecule has 0 aliphatic carbocycles. The molecule has 9 heteroatoms. The Morgan fingerprint density at radius 1 is 0.939 bits per heavy atom. The Bertz CT molecular complexity index is 1230. The number of alkyl carbamates (subject to hydrolysis) is 1. The average molecular weight is 470 g/mol. The van der Waals surface area contributed by atoms with Crippen molar-refractivity contribution in [2.45, 2.75) is 37.8 Å². The Balaban J connectivity index is 1.70. The minimum Gasteiger partial charge on any atom is -0.445 e. The van der Waals surface area contributed by atoms with Crippen LogP contribution in [0.2, 0.25) is 0 Å². The predicted molar refractivity (Wildman–Crippen MR) is 127 cm³/mol. The maximum absolute atomic E-state index is 12.7. The van der Waals surface area contributed by atoms with Crippen LogP contribution < -0.4 is 15.4 Å². The molecule has 0 spiro atoms. The van der Waals surface area contributed by atoms with Crippen molar-refractivity contribution < 1.29 is 22.7 Å². The smallest absolute Gasteiger partial charge is 0.408 e. The summed E-state index contributed by atoms with van der Waals surface area (Å²) in [6.45, 7) is 3.84. The lowest BCUT2D eigenvalue weighted by molar-refractivity contribution is -0.117. The van der Waals surface area contributed by atoms with Gasteiger partial charge in [0.25, 0.3) is 0 Å². The second-order valence-corrected chi connectivity index (χ2v) is 9.21. The highest BCUT2D eigenvalue weighted by molar-refractivity contribution is 7.89. The highest BCUT2D eigenvalue weighted by atomic mass is 32.2. The summed E-state index contributed by atoms with van der Waals surface area (Å²) < 4.78 is 33.1. The first-order valence-electron chi connectivity index (χ1n) is 10.6. The summed E-state index contributed by atoms with van der Waals surface area (Å²) in [6.07, 6.45) is -0.0425. The van der Waals surface area contributed by atoms with E-state index in [1.807, 2.05) is 37.3 Å². The highest BCUT2D eigenvalue weighted by Crippen LogP contribution is 2.29. The van der Waals surface area contributed by atoms with Gasteiger partial charge in [0.2, 0.25) is 15.9 Å². The Morgan fingerprint density at radius 2 is 1.64 bits per heavy atom. The van der Waals surface area contributed by atoms with Crippen molar-refractivity contribution in [2.75, 3.05) is 11.9 Å². The van der Waals surface area contributed by atoms with Crippen LogP contribution in [0.25, 0.3) is 10.8 Å². The number of sulfonamides is 1. The van der Waals surface area contributed by atoms with E-state index in [1.165, 1.54) is 13.0 Å². The van der Waals surface area contributed by atoms with Crippen LogP contribution in [0.3, 0.4) is 0 Å². The molecular formula is C24H27N3O5S. The summed E-state index contributed by atoms with van der Waals surface area (Å²) in [5.74, 6) is -0.462. The number of fused-ring (bicyclic) bond motifs is 1. The van der Waals surface area contributed by atoms with Gasteiger partial charge in [-0.05, 0) is 31.0 Å². The fourth-order valence-corrected chi connectivity index (χ4v) is 4.54. The minimum absolute atomic E-state index is 0.0909. The number of hydrogen-bond acceptors (Lipinski definition) is 5. The lowest BCUT2D eigenvalue weighted by Crippen LogP contribution is -2.41. The summed E-state index contributed by atoms with van der Waals surface area (Å²) in [5, 5.41) is 6.32. The standard InChI is InChI=1S/C24H27N3O5S/c1-3-15-25-33(30,31)22-14-8-11-19-20(22)12-7-13-21(19)27-23(28)17(2)26-24(29)32-16-18-9-5-4-6-10-18/h4-14,17,25H,3,15-16H2,1-2H3,(H,26,29)(H,27,28)/t17-/m1/s1. The average Bonchev–Trinajstić information content (AvgIpc) is 2.82. The van der Waals surface area contributed by atoms with Crippen molar-refractivity contribution in [3.05, 3.63) is 72.3 Å². The van der Waals surface area contributed by atoms with E-state index in [1.54, 1.807) is 30.3 Å². The Labute approximate surface area is 193 Å². The molecule has 3 aromatic rings. The van der Waals surface area contributed by atoms with Crippen LogP contribution in [0, 0.1) is 0 Å². The summed E-state index contributed by atoms with van der Waals surface area (Å²) >= 11 is 0. The molecule has 0 heterocycles. The molecule has 0 saturated carbocycles. The van der Waals surface area contributed by atoms with E-state index >= 15 is 0 Å². The number of anilines is 1. The maximum atomic E-state index is 12.7. The third-order valence-electron chi connectivity index (χ3n) is 4.91. The molecule has 2 amide bonds. The summed E-state index contributed by atoms with van der Waals surface area (Å²) in [4.78, 5) is 24.9. The number of rotatable bonds is 9. The van der Waals surface area contributed by atoms with Crippen LogP contribution in [0.15, 0.2) is 71.6 Å². The van der Waals surface area contributed by atoms with Crippen LogP contribution in [0.5, 0.6) is 0 Å². The van der Waals surface area contributed by atoms with Gasteiger partial charge in [-0.3, -0.25) is 4.79 Å². The quantitative estimate of drug-likeness (QED) is 0.441. The first kappa shape index (κ1) is 24.2. The van der Waals surface area contributed by atoms with Crippen LogP contribution in [-0.2, 0) is 26.2 Å². The molecular weight excluding hydrogens is 442 g/mol. The van der Waals surface area contributed by atoms with Gasteiger partial charge in [-0.15, -0.1) is 0 Å². The predicted octanol–water partition coefficient (Wildman–Crippen LogP) is 3.78. The molecule has 174 valence electrons. The van der Waals surface area contributed by atoms with E-state index in [0.29, 0.717) is 29.4 Å². The zero-order valence-electron chi connectivity index (χ0n) is 18.5. The van der Waals surface area contributed by atoms with Gasteiger partial charge < -0.3 is 15.4 Å². The van der Waals surface area contributed by atoms with Crippen LogP contribution >= 0.6 is 0 Å². The molecule has 0 aliphatic heterocycles. The molecule has 0 bridgehead atoms. The minimum atomic E-state index is -3.69. The number of ether oxygens (including phenoxy) is 1. The first-order chi connectivity index (χ1) is 15.8. The summed E-state index contributed by atoms with van der Waals surface area (Å²) in [5.41, 5.74) is 1.27. The third kappa shape index (κ3) is 6.30. The van der Waals surface area contributed by atoms with Crippen molar-refractivity contribution in [2.24, 2.45) is 0 Å². The Hall–Kier alpha value is -3.43. The van der Waals surface area contributed by atoms with Crippen LogP contribution in [0.4, 0.5) is 10.5 Å². The number of carbonyl (C=O) groups is 2. The lowest BCUT2D eigenvalue weighted by Gasteiger charge is -2.16. The number of amides is 2. The zero-order valence-corrected chi connectivity index (χ0v) is 19.3. The monoisotopic (exact) mass is 469 g/mol. The van der Waals surface area contributed by atoms with E-state index in [2.05, 4.69) is 15.4 Å². The normalized spacial score (nSPS) is 12.2. The molecule has 33 heavy (non-hydrogen) atoms. The zero-order chi connectivity index (χ0) is 23.8.